The average Bonchev–Trinajstić information content (AvgIpc) is 3.10. The van der Waals surface area contributed by atoms with E-state index in [0.717, 1.165) is 11.5 Å². The van der Waals surface area contributed by atoms with E-state index >= 15 is 0 Å². The zero-order valence-corrected chi connectivity index (χ0v) is 10.1. The summed E-state index contributed by atoms with van der Waals surface area (Å²) in [5.74, 6) is 1.06. The predicted octanol–water partition coefficient (Wildman–Crippen LogP) is 2.65. The molecular formula is C14H17N3. The normalized spacial score (nSPS) is 15.2. The fourth-order valence-corrected chi connectivity index (χ4v) is 2.09. The predicted molar refractivity (Wildman–Crippen MR) is 68.6 cm³/mol. The van der Waals surface area contributed by atoms with Crippen molar-refractivity contribution >= 4 is 0 Å². The van der Waals surface area contributed by atoms with Crippen LogP contribution in [-0.2, 0) is 6.54 Å². The van der Waals surface area contributed by atoms with Crippen molar-refractivity contribution in [3.8, 4) is 11.4 Å². The highest BCUT2D eigenvalue weighted by atomic mass is 15.1. The smallest absolute Gasteiger partial charge is 0.140 e. The molecule has 1 saturated carbocycles. The molecular weight excluding hydrogens is 210 g/mol. The van der Waals surface area contributed by atoms with Crippen molar-refractivity contribution in [2.75, 3.05) is 0 Å². The molecule has 88 valence electrons. The van der Waals surface area contributed by atoms with Gasteiger partial charge in [0.25, 0.3) is 0 Å². The van der Waals surface area contributed by atoms with Gasteiger partial charge >= 0.3 is 0 Å². The standard InChI is InChI=1S/C14H17N3/c1-10-2-4-11(5-3-10)14-16-12(8-15)9-17(14)13-6-7-13/h2-5,9,13H,6-8,15H2,1H3. The highest BCUT2D eigenvalue weighted by Crippen LogP contribution is 2.38. The lowest BCUT2D eigenvalue weighted by Crippen LogP contribution is -1.95. The maximum atomic E-state index is 5.68. The average molecular weight is 227 g/mol. The van der Waals surface area contributed by atoms with Gasteiger partial charge in [0.15, 0.2) is 0 Å². The van der Waals surface area contributed by atoms with Gasteiger partial charge in [0.1, 0.15) is 5.82 Å². The molecule has 3 nitrogen and oxygen atoms in total. The first-order chi connectivity index (χ1) is 8.28. The van der Waals surface area contributed by atoms with E-state index in [4.69, 9.17) is 5.73 Å². The molecule has 1 fully saturated rings. The monoisotopic (exact) mass is 227 g/mol. The summed E-state index contributed by atoms with van der Waals surface area (Å²) in [5.41, 5.74) is 9.12. The van der Waals surface area contributed by atoms with Crippen molar-refractivity contribution in [2.45, 2.75) is 32.4 Å². The fraction of sp³-hybridized carbons (Fsp3) is 0.357. The lowest BCUT2D eigenvalue weighted by atomic mass is 10.1. The molecule has 1 aromatic carbocycles. The molecule has 3 heteroatoms. The van der Waals surface area contributed by atoms with Gasteiger partial charge < -0.3 is 10.3 Å². The van der Waals surface area contributed by atoms with Crippen LogP contribution in [0.3, 0.4) is 0 Å². The lowest BCUT2D eigenvalue weighted by molar-refractivity contribution is 0.748. The van der Waals surface area contributed by atoms with Crippen molar-refractivity contribution in [3.63, 3.8) is 0 Å². The van der Waals surface area contributed by atoms with Crippen molar-refractivity contribution in [2.24, 2.45) is 5.73 Å². The number of imidazole rings is 1. The Morgan fingerprint density at radius 1 is 1.29 bits per heavy atom. The van der Waals surface area contributed by atoms with E-state index in [9.17, 15) is 0 Å². The van der Waals surface area contributed by atoms with Crippen molar-refractivity contribution in [1.82, 2.24) is 9.55 Å². The maximum Gasteiger partial charge on any atom is 0.140 e. The number of aromatic nitrogens is 2. The Hall–Kier alpha value is -1.61. The number of aryl methyl sites for hydroxylation is 1. The van der Waals surface area contributed by atoms with Gasteiger partial charge in [0.05, 0.1) is 5.69 Å². The van der Waals surface area contributed by atoms with Crippen LogP contribution in [0.2, 0.25) is 0 Å². The molecule has 1 heterocycles. The summed E-state index contributed by atoms with van der Waals surface area (Å²) in [6.07, 6.45) is 4.63. The summed E-state index contributed by atoms with van der Waals surface area (Å²) >= 11 is 0. The van der Waals surface area contributed by atoms with E-state index in [0.29, 0.717) is 12.6 Å². The summed E-state index contributed by atoms with van der Waals surface area (Å²) < 4.78 is 2.28. The van der Waals surface area contributed by atoms with Crippen LogP contribution in [0.4, 0.5) is 0 Å². The molecule has 1 aliphatic carbocycles. The van der Waals surface area contributed by atoms with E-state index in [-0.39, 0.29) is 0 Å². The molecule has 1 aromatic heterocycles. The lowest BCUT2D eigenvalue weighted by Gasteiger charge is -2.05. The molecule has 0 atom stereocenters. The molecule has 0 saturated heterocycles. The highest BCUT2D eigenvalue weighted by Gasteiger charge is 2.26. The Morgan fingerprint density at radius 3 is 2.59 bits per heavy atom. The Bertz CT molecular complexity index is 521. The van der Waals surface area contributed by atoms with Crippen LogP contribution >= 0.6 is 0 Å². The van der Waals surface area contributed by atoms with Gasteiger partial charge in [-0.2, -0.15) is 0 Å². The molecule has 2 aromatic rings. The highest BCUT2D eigenvalue weighted by molar-refractivity contribution is 5.57. The Labute approximate surface area is 101 Å². The minimum absolute atomic E-state index is 0.512. The molecule has 3 rings (SSSR count). The molecule has 17 heavy (non-hydrogen) atoms. The van der Waals surface area contributed by atoms with E-state index in [1.807, 2.05) is 0 Å². The van der Waals surface area contributed by atoms with Crippen LogP contribution in [0.25, 0.3) is 11.4 Å². The van der Waals surface area contributed by atoms with Crippen LogP contribution in [-0.4, -0.2) is 9.55 Å². The second kappa shape index (κ2) is 4.00. The molecule has 1 aliphatic rings. The molecule has 0 spiro atoms. The maximum absolute atomic E-state index is 5.68. The largest absolute Gasteiger partial charge is 0.328 e. The number of hydrogen-bond acceptors (Lipinski definition) is 2. The van der Waals surface area contributed by atoms with E-state index in [2.05, 4.69) is 46.9 Å². The summed E-state index contributed by atoms with van der Waals surface area (Å²) in [5, 5.41) is 0. The van der Waals surface area contributed by atoms with Crippen LogP contribution < -0.4 is 5.73 Å². The molecule has 2 N–H and O–H groups in total. The minimum Gasteiger partial charge on any atom is -0.328 e. The van der Waals surface area contributed by atoms with Crippen molar-refractivity contribution in [1.29, 1.82) is 0 Å². The molecule has 0 bridgehead atoms. The first-order valence-corrected chi connectivity index (χ1v) is 6.13. The van der Waals surface area contributed by atoms with Crippen LogP contribution in [0, 0.1) is 6.92 Å². The second-order valence-electron chi connectivity index (χ2n) is 4.76. The third-order valence-corrected chi connectivity index (χ3v) is 3.24. The van der Waals surface area contributed by atoms with E-state index < -0.39 is 0 Å². The fourth-order valence-electron chi connectivity index (χ4n) is 2.09. The summed E-state index contributed by atoms with van der Waals surface area (Å²) in [6.45, 7) is 2.61. The van der Waals surface area contributed by atoms with Gasteiger partial charge in [-0.05, 0) is 19.8 Å². The molecule has 0 aliphatic heterocycles. The number of benzene rings is 1. The first-order valence-electron chi connectivity index (χ1n) is 6.13. The second-order valence-corrected chi connectivity index (χ2v) is 4.76. The van der Waals surface area contributed by atoms with Gasteiger partial charge in [-0.1, -0.05) is 29.8 Å². The first kappa shape index (κ1) is 10.5. The number of nitrogens with zero attached hydrogens (tertiary/aromatic N) is 2. The Morgan fingerprint density at radius 2 is 2.00 bits per heavy atom. The van der Waals surface area contributed by atoms with Gasteiger partial charge in [-0.15, -0.1) is 0 Å². The van der Waals surface area contributed by atoms with Crippen LogP contribution in [0.5, 0.6) is 0 Å². The van der Waals surface area contributed by atoms with Gasteiger partial charge in [0.2, 0.25) is 0 Å². The van der Waals surface area contributed by atoms with Gasteiger partial charge in [0, 0.05) is 24.3 Å². The van der Waals surface area contributed by atoms with Gasteiger partial charge in [-0.3, -0.25) is 0 Å². The molecule has 0 unspecified atom stereocenters. The minimum atomic E-state index is 0.512. The van der Waals surface area contributed by atoms with Gasteiger partial charge in [-0.25, -0.2) is 4.98 Å². The van der Waals surface area contributed by atoms with Crippen LogP contribution in [0.15, 0.2) is 30.5 Å². The molecule has 0 amide bonds. The van der Waals surface area contributed by atoms with Crippen molar-refractivity contribution in [3.05, 3.63) is 41.7 Å². The topological polar surface area (TPSA) is 43.8 Å². The quantitative estimate of drug-likeness (QED) is 0.876. The Kier molecular flexibility index (Phi) is 2.48. The van der Waals surface area contributed by atoms with E-state index in [1.54, 1.807) is 0 Å². The van der Waals surface area contributed by atoms with Crippen LogP contribution in [0.1, 0.15) is 30.1 Å². The zero-order chi connectivity index (χ0) is 11.8. The number of rotatable bonds is 3. The zero-order valence-electron chi connectivity index (χ0n) is 10.1. The summed E-state index contributed by atoms with van der Waals surface area (Å²) in [7, 11) is 0. The Balaban J connectivity index is 2.05. The third kappa shape index (κ3) is 1.98. The molecule has 0 radical (unpaired) electrons. The van der Waals surface area contributed by atoms with Crippen molar-refractivity contribution < 1.29 is 0 Å². The third-order valence-electron chi connectivity index (χ3n) is 3.24. The van der Waals surface area contributed by atoms with E-state index in [1.165, 1.54) is 24.0 Å². The number of nitrogens with two attached hydrogens (primary N) is 1. The summed E-state index contributed by atoms with van der Waals surface area (Å²) in [4.78, 5) is 4.63. The summed E-state index contributed by atoms with van der Waals surface area (Å²) in [6, 6.07) is 9.17. The SMILES string of the molecule is Cc1ccc(-c2nc(CN)cn2C2CC2)cc1. The number of hydrogen-bond donors (Lipinski definition) is 1.